The molecule has 1 nitrogen and oxygen atoms in total. The molecule has 0 radical (unpaired) electrons. The van der Waals surface area contributed by atoms with Crippen LogP contribution in [0.3, 0.4) is 0 Å². The highest BCUT2D eigenvalue weighted by Crippen LogP contribution is 2.24. The average molecular weight is 321 g/mol. The SMILES string of the molecule is CCCC(O)C(CCCCCCS)CCCCCCS. The maximum absolute atomic E-state index is 10.3. The number of unbranched alkanes of at least 4 members (excludes halogenated alkanes) is 6. The fourth-order valence-corrected chi connectivity index (χ4v) is 3.25. The van der Waals surface area contributed by atoms with Crippen molar-refractivity contribution in [2.24, 2.45) is 5.92 Å². The van der Waals surface area contributed by atoms with Crippen molar-refractivity contribution < 1.29 is 5.11 Å². The van der Waals surface area contributed by atoms with Crippen LogP contribution in [0.5, 0.6) is 0 Å². The Morgan fingerprint density at radius 2 is 1.15 bits per heavy atom. The van der Waals surface area contributed by atoms with Crippen LogP contribution >= 0.6 is 25.3 Å². The fourth-order valence-electron chi connectivity index (χ4n) is 2.80. The van der Waals surface area contributed by atoms with Gasteiger partial charge in [-0.25, -0.2) is 0 Å². The third kappa shape index (κ3) is 12.4. The minimum absolute atomic E-state index is 0.0743. The van der Waals surface area contributed by atoms with Gasteiger partial charge >= 0.3 is 0 Å². The predicted molar refractivity (Wildman–Crippen MR) is 98.3 cm³/mol. The van der Waals surface area contributed by atoms with Crippen molar-refractivity contribution in [1.29, 1.82) is 0 Å². The molecule has 0 rings (SSSR count). The number of hydrogen-bond acceptors (Lipinski definition) is 3. The maximum Gasteiger partial charge on any atom is 0.0568 e. The fraction of sp³-hybridized carbons (Fsp3) is 1.00. The highest BCUT2D eigenvalue weighted by molar-refractivity contribution is 7.80. The molecule has 0 fully saturated rings. The Morgan fingerprint density at radius 1 is 0.700 bits per heavy atom. The maximum atomic E-state index is 10.3. The first-order valence-corrected chi connectivity index (χ1v) is 9.92. The third-order valence-electron chi connectivity index (χ3n) is 4.09. The Balaban J connectivity index is 3.82. The Kier molecular flexibility index (Phi) is 16.6. The zero-order valence-electron chi connectivity index (χ0n) is 13.4. The van der Waals surface area contributed by atoms with Crippen LogP contribution in [0, 0.1) is 5.92 Å². The Bertz CT molecular complexity index is 174. The van der Waals surface area contributed by atoms with Gasteiger partial charge in [-0.05, 0) is 49.5 Å². The summed E-state index contributed by atoms with van der Waals surface area (Å²) in [5.74, 6) is 2.54. The van der Waals surface area contributed by atoms with Crippen molar-refractivity contribution in [2.75, 3.05) is 11.5 Å². The molecule has 0 spiro atoms. The first kappa shape index (κ1) is 20.7. The molecule has 1 unspecified atom stereocenters. The molecule has 3 heteroatoms. The summed E-state index contributed by atoms with van der Waals surface area (Å²) in [6.07, 6.45) is 14.6. The summed E-state index contributed by atoms with van der Waals surface area (Å²) < 4.78 is 0. The minimum atomic E-state index is -0.0743. The molecule has 122 valence electrons. The van der Waals surface area contributed by atoms with E-state index in [2.05, 4.69) is 32.2 Å². The van der Waals surface area contributed by atoms with Gasteiger partial charge in [-0.2, -0.15) is 25.3 Å². The number of hydrogen-bond donors (Lipinski definition) is 3. The van der Waals surface area contributed by atoms with Crippen LogP contribution in [-0.4, -0.2) is 22.7 Å². The van der Waals surface area contributed by atoms with Crippen LogP contribution in [0.4, 0.5) is 0 Å². The summed E-state index contributed by atoms with van der Waals surface area (Å²) in [7, 11) is 0. The van der Waals surface area contributed by atoms with Gasteiger partial charge in [0.15, 0.2) is 0 Å². The van der Waals surface area contributed by atoms with Gasteiger partial charge in [-0.15, -0.1) is 0 Å². The van der Waals surface area contributed by atoms with Gasteiger partial charge in [-0.3, -0.25) is 0 Å². The average Bonchev–Trinajstić information content (AvgIpc) is 2.44. The van der Waals surface area contributed by atoms with Crippen molar-refractivity contribution in [3.63, 3.8) is 0 Å². The van der Waals surface area contributed by atoms with Crippen LogP contribution in [0.25, 0.3) is 0 Å². The van der Waals surface area contributed by atoms with E-state index < -0.39 is 0 Å². The zero-order chi connectivity index (χ0) is 15.1. The summed E-state index contributed by atoms with van der Waals surface area (Å²) in [6, 6.07) is 0. The summed E-state index contributed by atoms with van der Waals surface area (Å²) in [6.45, 7) is 2.17. The lowest BCUT2D eigenvalue weighted by atomic mass is 9.88. The molecule has 0 aromatic heterocycles. The molecular weight excluding hydrogens is 284 g/mol. The van der Waals surface area contributed by atoms with E-state index in [-0.39, 0.29) is 6.10 Å². The standard InChI is InChI=1S/C17H36OS2/c1-2-11-17(18)16(12-7-3-5-9-14-19)13-8-4-6-10-15-20/h16-20H,2-15H2,1H3. The van der Waals surface area contributed by atoms with Gasteiger partial charge in [0.2, 0.25) is 0 Å². The Labute approximate surface area is 138 Å². The molecule has 1 N–H and O–H groups in total. The molecule has 0 amide bonds. The predicted octanol–water partition coefficient (Wildman–Crippen LogP) is 5.52. The number of aliphatic hydroxyl groups is 1. The number of rotatable bonds is 15. The highest BCUT2D eigenvalue weighted by atomic mass is 32.1. The van der Waals surface area contributed by atoms with Crippen LogP contribution in [-0.2, 0) is 0 Å². The normalized spacial score (nSPS) is 13.1. The van der Waals surface area contributed by atoms with E-state index in [1.54, 1.807) is 0 Å². The molecule has 0 heterocycles. The van der Waals surface area contributed by atoms with Crippen molar-refractivity contribution in [1.82, 2.24) is 0 Å². The van der Waals surface area contributed by atoms with Crippen molar-refractivity contribution >= 4 is 25.3 Å². The largest absolute Gasteiger partial charge is 0.393 e. The third-order valence-corrected chi connectivity index (χ3v) is 4.73. The van der Waals surface area contributed by atoms with E-state index >= 15 is 0 Å². The van der Waals surface area contributed by atoms with Gasteiger partial charge in [0.05, 0.1) is 6.10 Å². The van der Waals surface area contributed by atoms with E-state index in [0.717, 1.165) is 24.3 Å². The van der Waals surface area contributed by atoms with E-state index in [1.165, 1.54) is 64.2 Å². The number of thiol groups is 2. The molecule has 0 aromatic carbocycles. The lowest BCUT2D eigenvalue weighted by molar-refractivity contribution is 0.0850. The second kappa shape index (κ2) is 16.0. The first-order valence-electron chi connectivity index (χ1n) is 8.66. The van der Waals surface area contributed by atoms with Gasteiger partial charge in [0.25, 0.3) is 0 Å². The van der Waals surface area contributed by atoms with Gasteiger partial charge in [-0.1, -0.05) is 51.9 Å². The molecular formula is C17H36OS2. The summed E-state index contributed by atoms with van der Waals surface area (Å²) in [5.41, 5.74) is 0. The monoisotopic (exact) mass is 320 g/mol. The molecule has 0 aliphatic rings. The summed E-state index contributed by atoms with van der Waals surface area (Å²) in [4.78, 5) is 0. The van der Waals surface area contributed by atoms with Crippen molar-refractivity contribution in [3.05, 3.63) is 0 Å². The van der Waals surface area contributed by atoms with Gasteiger partial charge in [0, 0.05) is 0 Å². The Morgan fingerprint density at radius 3 is 1.55 bits per heavy atom. The minimum Gasteiger partial charge on any atom is -0.393 e. The molecule has 20 heavy (non-hydrogen) atoms. The van der Waals surface area contributed by atoms with E-state index in [4.69, 9.17) is 0 Å². The van der Waals surface area contributed by atoms with Crippen LogP contribution in [0.1, 0.15) is 84.0 Å². The molecule has 0 saturated heterocycles. The number of aliphatic hydroxyl groups excluding tert-OH is 1. The van der Waals surface area contributed by atoms with Crippen molar-refractivity contribution in [2.45, 2.75) is 90.1 Å². The second-order valence-corrected chi connectivity index (χ2v) is 6.86. The lowest BCUT2D eigenvalue weighted by Crippen LogP contribution is -2.20. The molecule has 0 aromatic rings. The molecule has 0 saturated carbocycles. The van der Waals surface area contributed by atoms with E-state index in [9.17, 15) is 5.11 Å². The van der Waals surface area contributed by atoms with Gasteiger partial charge < -0.3 is 5.11 Å². The zero-order valence-corrected chi connectivity index (χ0v) is 15.2. The molecule has 0 bridgehead atoms. The molecule has 0 aliphatic carbocycles. The molecule has 0 aliphatic heterocycles. The topological polar surface area (TPSA) is 20.2 Å². The van der Waals surface area contributed by atoms with Crippen LogP contribution in [0.2, 0.25) is 0 Å². The van der Waals surface area contributed by atoms with Gasteiger partial charge in [0.1, 0.15) is 0 Å². The van der Waals surface area contributed by atoms with Crippen LogP contribution < -0.4 is 0 Å². The van der Waals surface area contributed by atoms with Crippen molar-refractivity contribution in [3.8, 4) is 0 Å². The summed E-state index contributed by atoms with van der Waals surface area (Å²) in [5, 5.41) is 10.3. The Hall–Kier alpha value is 0.660. The summed E-state index contributed by atoms with van der Waals surface area (Å²) >= 11 is 8.50. The quantitative estimate of drug-likeness (QED) is 0.268. The lowest BCUT2D eigenvalue weighted by Gasteiger charge is -2.22. The highest BCUT2D eigenvalue weighted by Gasteiger charge is 2.17. The molecule has 1 atom stereocenters. The second-order valence-electron chi connectivity index (χ2n) is 5.97. The smallest absolute Gasteiger partial charge is 0.0568 e. The van der Waals surface area contributed by atoms with E-state index in [0.29, 0.717) is 5.92 Å². The first-order chi connectivity index (χ1) is 9.76. The van der Waals surface area contributed by atoms with Crippen LogP contribution in [0.15, 0.2) is 0 Å². The van der Waals surface area contributed by atoms with E-state index in [1.807, 2.05) is 0 Å².